The molecule has 1 amide bonds. The summed E-state index contributed by atoms with van der Waals surface area (Å²) in [7, 11) is 0. The van der Waals surface area contributed by atoms with Crippen LogP contribution in [0.25, 0.3) is 0 Å². The summed E-state index contributed by atoms with van der Waals surface area (Å²) < 4.78 is 5.79. The van der Waals surface area contributed by atoms with Crippen LogP contribution in [-0.2, 0) is 9.53 Å². The summed E-state index contributed by atoms with van der Waals surface area (Å²) in [5.74, 6) is 0.181. The minimum absolute atomic E-state index is 0.0300. The summed E-state index contributed by atoms with van der Waals surface area (Å²) >= 11 is 12.0. The molecule has 1 N–H and O–H groups in total. The minimum Gasteiger partial charge on any atom is -0.370 e. The smallest absolute Gasteiger partial charge is 0.239 e. The summed E-state index contributed by atoms with van der Waals surface area (Å²) in [5, 5.41) is 4.29. The van der Waals surface area contributed by atoms with Gasteiger partial charge in [-0.3, -0.25) is 4.79 Å². The first-order chi connectivity index (χ1) is 10.1. The third-order valence-corrected chi connectivity index (χ3v) is 4.79. The van der Waals surface area contributed by atoms with Gasteiger partial charge >= 0.3 is 0 Å². The number of nitrogens with one attached hydrogen (secondary N) is 1. The highest BCUT2D eigenvalue weighted by atomic mass is 35.5. The van der Waals surface area contributed by atoms with E-state index >= 15 is 0 Å². The summed E-state index contributed by atoms with van der Waals surface area (Å²) in [6, 6.07) is 5.45. The highest BCUT2D eigenvalue weighted by molar-refractivity contribution is 6.42. The topological polar surface area (TPSA) is 41.6 Å². The van der Waals surface area contributed by atoms with Crippen LogP contribution in [0.15, 0.2) is 18.2 Å². The van der Waals surface area contributed by atoms with Gasteiger partial charge in [-0.05, 0) is 37.1 Å². The molecule has 0 saturated carbocycles. The maximum Gasteiger partial charge on any atom is 0.239 e. The second-order valence-corrected chi connectivity index (χ2v) is 6.28. The third-order valence-electron chi connectivity index (χ3n) is 4.05. The second-order valence-electron chi connectivity index (χ2n) is 5.47. The van der Waals surface area contributed by atoms with Crippen molar-refractivity contribution in [2.45, 2.75) is 25.0 Å². The molecule has 0 radical (unpaired) electrons. The molecule has 4 nitrogen and oxygen atoms in total. The Bertz CT molecular complexity index is 532. The van der Waals surface area contributed by atoms with Gasteiger partial charge in [-0.1, -0.05) is 29.3 Å². The van der Waals surface area contributed by atoms with Gasteiger partial charge in [0.1, 0.15) is 6.10 Å². The second kappa shape index (κ2) is 6.53. The van der Waals surface area contributed by atoms with Crippen molar-refractivity contribution < 1.29 is 9.53 Å². The average Bonchev–Trinajstić information content (AvgIpc) is 3.04. The molecule has 2 aliphatic heterocycles. The standard InChI is InChI=1S/C15H18Cl2N2O2/c16-11-4-3-10(8-12(11)17)14-9-19(6-7-21-14)15(20)13-2-1-5-18-13/h3-4,8,13-14,18H,1-2,5-7,9H2. The van der Waals surface area contributed by atoms with E-state index in [1.807, 2.05) is 17.0 Å². The summed E-state index contributed by atoms with van der Waals surface area (Å²) in [6.45, 7) is 2.68. The van der Waals surface area contributed by atoms with Crippen LogP contribution in [0, 0.1) is 0 Å². The number of benzene rings is 1. The van der Waals surface area contributed by atoms with Crippen molar-refractivity contribution in [1.82, 2.24) is 10.2 Å². The van der Waals surface area contributed by atoms with Crippen molar-refractivity contribution in [3.8, 4) is 0 Å². The Kier molecular flexibility index (Phi) is 4.69. The number of rotatable bonds is 2. The van der Waals surface area contributed by atoms with Crippen LogP contribution < -0.4 is 5.32 Å². The SMILES string of the molecule is O=C(C1CCCN1)N1CCOC(c2ccc(Cl)c(Cl)c2)C1. The molecule has 2 saturated heterocycles. The fraction of sp³-hybridized carbons (Fsp3) is 0.533. The van der Waals surface area contributed by atoms with Crippen molar-refractivity contribution in [1.29, 1.82) is 0 Å². The van der Waals surface area contributed by atoms with Crippen LogP contribution in [0.5, 0.6) is 0 Å². The fourth-order valence-electron chi connectivity index (χ4n) is 2.88. The first kappa shape index (κ1) is 15.1. The van der Waals surface area contributed by atoms with Gasteiger partial charge < -0.3 is 15.0 Å². The first-order valence-corrected chi connectivity index (χ1v) is 7.99. The lowest BCUT2D eigenvalue weighted by Crippen LogP contribution is -2.49. The molecule has 2 atom stereocenters. The van der Waals surface area contributed by atoms with Gasteiger partial charge in [0.25, 0.3) is 0 Å². The Hall–Kier alpha value is -0.810. The molecule has 2 fully saturated rings. The number of halogens is 2. The number of hydrogen-bond acceptors (Lipinski definition) is 3. The minimum atomic E-state index is -0.140. The molecule has 0 aromatic heterocycles. The Balaban J connectivity index is 1.70. The van der Waals surface area contributed by atoms with Crippen molar-refractivity contribution in [2.75, 3.05) is 26.2 Å². The van der Waals surface area contributed by atoms with Gasteiger partial charge in [-0.15, -0.1) is 0 Å². The molecule has 1 aromatic carbocycles. The maximum absolute atomic E-state index is 12.5. The zero-order chi connectivity index (χ0) is 14.8. The largest absolute Gasteiger partial charge is 0.370 e. The van der Waals surface area contributed by atoms with Crippen LogP contribution in [0.2, 0.25) is 10.0 Å². The first-order valence-electron chi connectivity index (χ1n) is 7.24. The Morgan fingerprint density at radius 2 is 2.19 bits per heavy atom. The third kappa shape index (κ3) is 3.34. The van der Waals surface area contributed by atoms with E-state index in [0.717, 1.165) is 24.9 Å². The lowest BCUT2D eigenvalue weighted by atomic mass is 10.1. The van der Waals surface area contributed by atoms with Gasteiger partial charge in [0.2, 0.25) is 5.91 Å². The van der Waals surface area contributed by atoms with Gasteiger partial charge in [0, 0.05) is 6.54 Å². The molecule has 2 unspecified atom stereocenters. The molecule has 3 rings (SSSR count). The van der Waals surface area contributed by atoms with Crippen LogP contribution >= 0.6 is 23.2 Å². The van der Waals surface area contributed by atoms with Crippen LogP contribution in [-0.4, -0.2) is 43.1 Å². The predicted octanol–water partition coefficient (Wildman–Crippen LogP) is 2.65. The van der Waals surface area contributed by atoms with Crippen molar-refractivity contribution in [2.24, 2.45) is 0 Å². The Labute approximate surface area is 134 Å². The number of carbonyl (C=O) groups excluding carboxylic acids is 1. The maximum atomic E-state index is 12.5. The zero-order valence-electron chi connectivity index (χ0n) is 11.6. The zero-order valence-corrected chi connectivity index (χ0v) is 13.2. The lowest BCUT2D eigenvalue weighted by Gasteiger charge is -2.34. The average molecular weight is 329 g/mol. The summed E-state index contributed by atoms with van der Waals surface area (Å²) in [5.41, 5.74) is 0.960. The van der Waals surface area contributed by atoms with Gasteiger partial charge in [0.05, 0.1) is 29.2 Å². The molecule has 114 valence electrons. The number of nitrogens with zero attached hydrogens (tertiary/aromatic N) is 1. The van der Waals surface area contributed by atoms with E-state index in [1.54, 1.807) is 6.07 Å². The van der Waals surface area contributed by atoms with E-state index in [0.29, 0.717) is 29.7 Å². The molecule has 0 aliphatic carbocycles. The number of carbonyl (C=O) groups is 1. The van der Waals surface area contributed by atoms with E-state index in [2.05, 4.69) is 5.32 Å². The van der Waals surface area contributed by atoms with E-state index in [1.165, 1.54) is 0 Å². The van der Waals surface area contributed by atoms with Crippen molar-refractivity contribution in [3.05, 3.63) is 33.8 Å². The summed E-state index contributed by atoms with van der Waals surface area (Å²) in [6.07, 6.45) is 1.85. The molecular weight excluding hydrogens is 311 g/mol. The number of morpholine rings is 1. The van der Waals surface area contributed by atoms with E-state index in [-0.39, 0.29) is 18.1 Å². The highest BCUT2D eigenvalue weighted by Gasteiger charge is 2.31. The van der Waals surface area contributed by atoms with Crippen LogP contribution in [0.4, 0.5) is 0 Å². The normalized spacial score (nSPS) is 26.1. The van der Waals surface area contributed by atoms with E-state index < -0.39 is 0 Å². The molecule has 1 aromatic rings. The highest BCUT2D eigenvalue weighted by Crippen LogP contribution is 2.29. The molecule has 21 heavy (non-hydrogen) atoms. The van der Waals surface area contributed by atoms with Crippen molar-refractivity contribution >= 4 is 29.1 Å². The molecule has 0 spiro atoms. The van der Waals surface area contributed by atoms with E-state index in [4.69, 9.17) is 27.9 Å². The fourth-order valence-corrected chi connectivity index (χ4v) is 3.19. The van der Waals surface area contributed by atoms with Crippen LogP contribution in [0.1, 0.15) is 24.5 Å². The number of amides is 1. The molecular formula is C15H18Cl2N2O2. The molecule has 6 heteroatoms. The van der Waals surface area contributed by atoms with Gasteiger partial charge in [0.15, 0.2) is 0 Å². The number of ether oxygens (including phenoxy) is 1. The quantitative estimate of drug-likeness (QED) is 0.907. The van der Waals surface area contributed by atoms with Crippen LogP contribution in [0.3, 0.4) is 0 Å². The van der Waals surface area contributed by atoms with Gasteiger partial charge in [-0.2, -0.15) is 0 Å². The number of hydrogen-bond donors (Lipinski definition) is 1. The molecule has 2 aliphatic rings. The Morgan fingerprint density at radius 1 is 1.33 bits per heavy atom. The Morgan fingerprint density at radius 3 is 2.90 bits per heavy atom. The molecule has 2 heterocycles. The van der Waals surface area contributed by atoms with Gasteiger partial charge in [-0.25, -0.2) is 0 Å². The molecule has 0 bridgehead atoms. The monoisotopic (exact) mass is 328 g/mol. The van der Waals surface area contributed by atoms with E-state index in [9.17, 15) is 4.79 Å². The summed E-state index contributed by atoms with van der Waals surface area (Å²) in [4.78, 5) is 14.3. The predicted molar refractivity (Wildman–Crippen MR) is 82.8 cm³/mol. The lowest BCUT2D eigenvalue weighted by molar-refractivity contribution is -0.140. The van der Waals surface area contributed by atoms with Crippen molar-refractivity contribution in [3.63, 3.8) is 0 Å².